The van der Waals surface area contributed by atoms with Gasteiger partial charge in [0.2, 0.25) is 17.6 Å². The molecule has 2 aromatic heterocycles. The minimum absolute atomic E-state index is 0.109. The highest BCUT2D eigenvalue weighted by molar-refractivity contribution is 5.76. The summed E-state index contributed by atoms with van der Waals surface area (Å²) < 4.78 is 44.0. The number of aromatic nitrogens is 3. The van der Waals surface area contributed by atoms with Crippen molar-refractivity contribution < 1.29 is 22.5 Å². The first-order valence-corrected chi connectivity index (χ1v) is 10.3. The third kappa shape index (κ3) is 5.50. The second-order valence-corrected chi connectivity index (χ2v) is 7.61. The highest BCUT2D eigenvalue weighted by atomic mass is 19.4. The van der Waals surface area contributed by atoms with Crippen LogP contribution in [-0.2, 0) is 23.9 Å². The van der Waals surface area contributed by atoms with E-state index in [1.54, 1.807) is 12.4 Å². The highest BCUT2D eigenvalue weighted by Crippen LogP contribution is 2.31. The van der Waals surface area contributed by atoms with Gasteiger partial charge < -0.3 is 9.42 Å². The van der Waals surface area contributed by atoms with Crippen LogP contribution in [0.15, 0.2) is 53.3 Å². The molecule has 1 aliphatic rings. The number of rotatable bonds is 6. The van der Waals surface area contributed by atoms with Crippen molar-refractivity contribution in [2.24, 2.45) is 0 Å². The summed E-state index contributed by atoms with van der Waals surface area (Å²) in [4.78, 5) is 24.7. The Kier molecular flexibility index (Phi) is 6.50. The van der Waals surface area contributed by atoms with Gasteiger partial charge in [0.15, 0.2) is 0 Å². The normalized spacial score (nSPS) is 15.2. The molecular formula is C22H22F3N5O2. The molecule has 1 fully saturated rings. The number of hydrogen-bond donors (Lipinski definition) is 0. The number of alkyl halides is 3. The number of benzene rings is 1. The third-order valence-corrected chi connectivity index (χ3v) is 5.35. The topological polar surface area (TPSA) is 75.4 Å². The highest BCUT2D eigenvalue weighted by Gasteiger charge is 2.31. The van der Waals surface area contributed by atoms with Gasteiger partial charge in [0, 0.05) is 50.6 Å². The van der Waals surface area contributed by atoms with Gasteiger partial charge in [0.05, 0.1) is 12.1 Å². The van der Waals surface area contributed by atoms with E-state index in [1.165, 1.54) is 12.1 Å². The lowest BCUT2D eigenvalue weighted by atomic mass is 10.1. The number of piperazine rings is 1. The average Bonchev–Trinajstić information content (AvgIpc) is 3.27. The summed E-state index contributed by atoms with van der Waals surface area (Å²) in [6.07, 6.45) is 0.139. The van der Waals surface area contributed by atoms with Crippen LogP contribution in [0.2, 0.25) is 0 Å². The number of carbonyl (C=O) groups is 1. The molecule has 0 atom stereocenters. The summed E-state index contributed by atoms with van der Waals surface area (Å²) >= 11 is 0. The molecule has 1 amide bonds. The summed E-state index contributed by atoms with van der Waals surface area (Å²) in [5, 5.41) is 3.82. The first kappa shape index (κ1) is 21.9. The van der Waals surface area contributed by atoms with Crippen molar-refractivity contribution in [2.75, 3.05) is 26.2 Å². The average molecular weight is 445 g/mol. The zero-order valence-corrected chi connectivity index (χ0v) is 17.3. The molecule has 0 spiro atoms. The van der Waals surface area contributed by atoms with E-state index in [-0.39, 0.29) is 17.3 Å². The molecule has 0 unspecified atom stereocenters. The van der Waals surface area contributed by atoms with Crippen LogP contribution >= 0.6 is 0 Å². The van der Waals surface area contributed by atoms with E-state index in [0.29, 0.717) is 51.5 Å². The van der Waals surface area contributed by atoms with Gasteiger partial charge in [0.1, 0.15) is 0 Å². The summed E-state index contributed by atoms with van der Waals surface area (Å²) in [5.74, 6) is 0.558. The molecule has 3 heterocycles. The number of aryl methyl sites for hydroxylation is 1. The molecule has 0 saturated carbocycles. The van der Waals surface area contributed by atoms with Crippen molar-refractivity contribution in [3.05, 3.63) is 65.8 Å². The number of halogens is 3. The molecule has 32 heavy (non-hydrogen) atoms. The Bertz CT molecular complexity index is 1050. The summed E-state index contributed by atoms with van der Waals surface area (Å²) in [6, 6.07) is 8.65. The quantitative estimate of drug-likeness (QED) is 0.579. The summed E-state index contributed by atoms with van der Waals surface area (Å²) in [5.41, 5.74) is 0.525. The van der Waals surface area contributed by atoms with Crippen molar-refractivity contribution in [3.8, 4) is 11.4 Å². The Morgan fingerprint density at radius 3 is 2.62 bits per heavy atom. The van der Waals surface area contributed by atoms with Crippen molar-refractivity contribution in [3.63, 3.8) is 0 Å². The molecule has 0 radical (unpaired) electrons. The monoisotopic (exact) mass is 445 g/mol. The third-order valence-electron chi connectivity index (χ3n) is 5.35. The SMILES string of the molecule is O=C(CCc1cccnc1)N1CCN(Cc2nc(-c3cccc(C(F)(F)F)c3)no2)CC1. The molecule has 1 saturated heterocycles. The zero-order valence-electron chi connectivity index (χ0n) is 17.3. The Morgan fingerprint density at radius 2 is 1.91 bits per heavy atom. The van der Waals surface area contributed by atoms with Crippen molar-refractivity contribution >= 4 is 5.91 Å². The predicted octanol–water partition coefficient (Wildman–Crippen LogP) is 3.43. The first-order valence-electron chi connectivity index (χ1n) is 10.3. The molecule has 1 aromatic carbocycles. The van der Waals surface area contributed by atoms with E-state index in [0.717, 1.165) is 17.7 Å². The molecule has 0 aliphatic carbocycles. The van der Waals surface area contributed by atoms with Crippen LogP contribution in [-0.4, -0.2) is 57.0 Å². The Hall–Kier alpha value is -3.27. The van der Waals surface area contributed by atoms with Crippen LogP contribution in [0.4, 0.5) is 13.2 Å². The smallest absolute Gasteiger partial charge is 0.340 e. The number of nitrogens with zero attached hydrogens (tertiary/aromatic N) is 5. The van der Waals surface area contributed by atoms with Gasteiger partial charge in [-0.1, -0.05) is 23.4 Å². The minimum Gasteiger partial charge on any atom is -0.340 e. The molecule has 7 nitrogen and oxygen atoms in total. The lowest BCUT2D eigenvalue weighted by molar-refractivity contribution is -0.137. The van der Waals surface area contributed by atoms with Gasteiger partial charge in [-0.25, -0.2) is 0 Å². The number of hydrogen-bond acceptors (Lipinski definition) is 6. The van der Waals surface area contributed by atoms with E-state index in [2.05, 4.69) is 20.0 Å². The van der Waals surface area contributed by atoms with Gasteiger partial charge >= 0.3 is 6.18 Å². The Morgan fingerprint density at radius 1 is 1.09 bits per heavy atom. The molecule has 1 aliphatic heterocycles. The fraction of sp³-hybridized carbons (Fsp3) is 0.364. The maximum Gasteiger partial charge on any atom is 0.416 e. The number of carbonyl (C=O) groups excluding carboxylic acids is 1. The van der Waals surface area contributed by atoms with Crippen LogP contribution in [0.5, 0.6) is 0 Å². The van der Waals surface area contributed by atoms with E-state index in [1.807, 2.05) is 17.0 Å². The van der Waals surface area contributed by atoms with Crippen LogP contribution in [0.1, 0.15) is 23.4 Å². The lowest BCUT2D eigenvalue weighted by Gasteiger charge is -2.34. The van der Waals surface area contributed by atoms with Gasteiger partial charge in [-0.3, -0.25) is 14.7 Å². The van der Waals surface area contributed by atoms with Crippen LogP contribution in [0, 0.1) is 0 Å². The molecule has 4 rings (SSSR count). The van der Waals surface area contributed by atoms with E-state index < -0.39 is 11.7 Å². The molecular weight excluding hydrogens is 423 g/mol. The maximum absolute atomic E-state index is 12.9. The minimum atomic E-state index is -4.43. The molecule has 10 heteroatoms. The summed E-state index contributed by atoms with van der Waals surface area (Å²) in [7, 11) is 0. The fourth-order valence-electron chi connectivity index (χ4n) is 3.57. The molecule has 0 N–H and O–H groups in total. The van der Waals surface area contributed by atoms with Crippen molar-refractivity contribution in [1.29, 1.82) is 0 Å². The van der Waals surface area contributed by atoms with Crippen LogP contribution in [0.25, 0.3) is 11.4 Å². The predicted molar refractivity (Wildman–Crippen MR) is 109 cm³/mol. The molecule has 0 bridgehead atoms. The van der Waals surface area contributed by atoms with E-state index in [4.69, 9.17) is 4.52 Å². The van der Waals surface area contributed by atoms with Crippen molar-refractivity contribution in [2.45, 2.75) is 25.6 Å². The maximum atomic E-state index is 12.9. The van der Waals surface area contributed by atoms with Gasteiger partial charge in [-0.15, -0.1) is 0 Å². The standard InChI is InChI=1S/C22H22F3N5O2/c23-22(24,25)18-5-1-4-17(13-18)21-27-19(32-28-21)15-29-9-11-30(12-10-29)20(31)7-6-16-3-2-8-26-14-16/h1-5,8,13-14H,6-7,9-12,15H2. The zero-order chi connectivity index (χ0) is 22.6. The van der Waals surface area contributed by atoms with Gasteiger partial charge in [-0.05, 0) is 30.2 Å². The Labute approximate surface area is 182 Å². The molecule has 3 aromatic rings. The lowest BCUT2D eigenvalue weighted by Crippen LogP contribution is -2.48. The van der Waals surface area contributed by atoms with E-state index in [9.17, 15) is 18.0 Å². The fourth-order valence-corrected chi connectivity index (χ4v) is 3.57. The summed E-state index contributed by atoms with van der Waals surface area (Å²) in [6.45, 7) is 2.88. The second-order valence-electron chi connectivity index (χ2n) is 7.61. The van der Waals surface area contributed by atoms with Crippen LogP contribution < -0.4 is 0 Å². The Balaban J connectivity index is 1.28. The second kappa shape index (κ2) is 9.47. The largest absolute Gasteiger partial charge is 0.416 e. The van der Waals surface area contributed by atoms with Crippen LogP contribution in [0.3, 0.4) is 0 Å². The van der Waals surface area contributed by atoms with Crippen molar-refractivity contribution in [1.82, 2.24) is 24.9 Å². The van der Waals surface area contributed by atoms with Gasteiger partial charge in [-0.2, -0.15) is 18.2 Å². The molecule has 168 valence electrons. The van der Waals surface area contributed by atoms with E-state index >= 15 is 0 Å². The first-order chi connectivity index (χ1) is 15.4. The van der Waals surface area contributed by atoms with Gasteiger partial charge in [0.25, 0.3) is 0 Å². The number of amides is 1. The number of pyridine rings is 1.